The summed E-state index contributed by atoms with van der Waals surface area (Å²) < 4.78 is 26.7. The lowest BCUT2D eigenvalue weighted by atomic mass is 10.0. The third kappa shape index (κ3) is 4.44. The molecule has 0 fully saturated rings. The minimum Gasteiger partial charge on any atom is -0.348 e. The topological polar surface area (TPSA) is 61.8 Å². The Labute approximate surface area is 200 Å². The largest absolute Gasteiger partial charge is 0.348 e. The van der Waals surface area contributed by atoms with Gasteiger partial charge < -0.3 is 5.32 Å². The van der Waals surface area contributed by atoms with Gasteiger partial charge in [0, 0.05) is 23.2 Å². The van der Waals surface area contributed by atoms with E-state index in [0.717, 1.165) is 5.56 Å². The van der Waals surface area contributed by atoms with Gasteiger partial charge >= 0.3 is 0 Å². The Bertz CT molecular complexity index is 1450. The van der Waals surface area contributed by atoms with Crippen molar-refractivity contribution in [3.63, 3.8) is 0 Å². The number of para-hydroxylation sites is 1. The van der Waals surface area contributed by atoms with Crippen molar-refractivity contribution in [2.75, 3.05) is 4.90 Å². The minimum absolute atomic E-state index is 0.228. The van der Waals surface area contributed by atoms with Gasteiger partial charge in [0.15, 0.2) is 0 Å². The Morgan fingerprint density at radius 2 is 1.54 bits per heavy atom. The number of halogens is 2. The number of fused-ring (bicyclic) bond motifs is 2. The molecule has 5 rings (SSSR count). The molecule has 1 heterocycles. The number of hydrogen-bond acceptors (Lipinski definition) is 3. The fraction of sp³-hybridized carbons (Fsp3) is 0.0357. The first-order chi connectivity index (χ1) is 17.0. The summed E-state index contributed by atoms with van der Waals surface area (Å²) in [6.07, 6.45) is 0.703. The fourth-order valence-corrected chi connectivity index (χ4v) is 3.98. The number of aliphatic imine (C=N–C) groups is 1. The van der Waals surface area contributed by atoms with Crippen LogP contribution in [0.1, 0.15) is 27.0 Å². The van der Waals surface area contributed by atoms with Crippen molar-refractivity contribution < 1.29 is 18.4 Å². The van der Waals surface area contributed by atoms with E-state index < -0.39 is 0 Å². The fourth-order valence-electron chi connectivity index (χ4n) is 3.98. The molecular formula is C28H19F2N3O2. The van der Waals surface area contributed by atoms with E-state index >= 15 is 0 Å². The number of carbonyl (C=O) groups is 2. The van der Waals surface area contributed by atoms with E-state index in [1.807, 2.05) is 18.2 Å². The SMILES string of the molecule is O=CN1c2ccc(C(=O)NCc3ccc(F)cc3)cc2N=C(c2ccc(F)cc2)c2ccccc21. The summed E-state index contributed by atoms with van der Waals surface area (Å²) in [6.45, 7) is 0.228. The van der Waals surface area contributed by atoms with Crippen molar-refractivity contribution in [1.29, 1.82) is 0 Å². The van der Waals surface area contributed by atoms with E-state index in [1.54, 1.807) is 48.5 Å². The van der Waals surface area contributed by atoms with E-state index in [9.17, 15) is 18.4 Å². The van der Waals surface area contributed by atoms with Gasteiger partial charge in [-0.2, -0.15) is 0 Å². The summed E-state index contributed by atoms with van der Waals surface area (Å²) in [5, 5.41) is 2.81. The molecule has 4 aromatic rings. The highest BCUT2D eigenvalue weighted by Gasteiger charge is 2.24. The van der Waals surface area contributed by atoms with Crippen LogP contribution in [0.2, 0.25) is 0 Å². The van der Waals surface area contributed by atoms with Crippen LogP contribution in [0, 0.1) is 11.6 Å². The molecule has 1 aliphatic rings. The summed E-state index contributed by atoms with van der Waals surface area (Å²) in [7, 11) is 0. The smallest absolute Gasteiger partial charge is 0.251 e. The molecule has 1 N–H and O–H groups in total. The summed E-state index contributed by atoms with van der Waals surface area (Å²) in [6, 6.07) is 24.0. The van der Waals surface area contributed by atoms with Gasteiger partial charge in [0.25, 0.3) is 5.91 Å². The highest BCUT2D eigenvalue weighted by molar-refractivity contribution is 6.20. The standard InChI is InChI=1S/C28H19F2N3O2/c29-21-10-5-18(6-11-21)16-31-28(35)20-9-14-26-24(15-20)32-27(19-7-12-22(30)13-8-19)23-3-1-2-4-25(23)33(26)17-34/h1-15,17H,16H2,(H,31,35). The Kier molecular flexibility index (Phi) is 5.89. The average molecular weight is 467 g/mol. The van der Waals surface area contributed by atoms with E-state index in [1.165, 1.54) is 29.2 Å². The minimum atomic E-state index is -0.369. The first-order valence-corrected chi connectivity index (χ1v) is 10.9. The molecular weight excluding hydrogens is 448 g/mol. The molecule has 0 unspecified atom stereocenters. The maximum Gasteiger partial charge on any atom is 0.251 e. The van der Waals surface area contributed by atoms with E-state index in [0.29, 0.717) is 45.9 Å². The molecule has 0 bridgehead atoms. The number of anilines is 2. The van der Waals surface area contributed by atoms with Gasteiger partial charge in [0.1, 0.15) is 11.6 Å². The van der Waals surface area contributed by atoms with Crippen LogP contribution in [0.5, 0.6) is 0 Å². The zero-order valence-electron chi connectivity index (χ0n) is 18.4. The lowest BCUT2D eigenvalue weighted by molar-refractivity contribution is -0.106. The predicted molar refractivity (Wildman–Crippen MR) is 130 cm³/mol. The first kappa shape index (κ1) is 22.2. The van der Waals surface area contributed by atoms with Crippen LogP contribution in [0.15, 0.2) is 96.0 Å². The molecule has 0 atom stereocenters. The number of nitrogens with zero attached hydrogens (tertiary/aromatic N) is 2. The zero-order valence-corrected chi connectivity index (χ0v) is 18.4. The van der Waals surface area contributed by atoms with E-state index in [2.05, 4.69) is 5.32 Å². The number of amides is 2. The molecule has 0 spiro atoms. The molecule has 0 saturated heterocycles. The second-order valence-electron chi connectivity index (χ2n) is 7.97. The van der Waals surface area contributed by atoms with Crippen molar-refractivity contribution in [3.05, 3.63) is 125 Å². The van der Waals surface area contributed by atoms with Gasteiger partial charge in [-0.05, 0) is 66.2 Å². The van der Waals surface area contributed by atoms with E-state index in [4.69, 9.17) is 4.99 Å². The highest BCUT2D eigenvalue weighted by atomic mass is 19.1. The summed E-state index contributed by atoms with van der Waals surface area (Å²) >= 11 is 0. The van der Waals surface area contributed by atoms with Crippen LogP contribution in [0.3, 0.4) is 0 Å². The summed E-state index contributed by atoms with van der Waals surface area (Å²) in [5.74, 6) is -1.05. The predicted octanol–water partition coefficient (Wildman–Crippen LogP) is 5.67. The van der Waals surface area contributed by atoms with Crippen LogP contribution >= 0.6 is 0 Å². The molecule has 7 heteroatoms. The van der Waals surface area contributed by atoms with Crippen molar-refractivity contribution in [1.82, 2.24) is 5.32 Å². The van der Waals surface area contributed by atoms with Gasteiger partial charge in [0.2, 0.25) is 6.41 Å². The van der Waals surface area contributed by atoms with Crippen LogP contribution in [0.4, 0.5) is 25.8 Å². The molecule has 35 heavy (non-hydrogen) atoms. The Morgan fingerprint density at radius 3 is 2.26 bits per heavy atom. The normalized spacial score (nSPS) is 12.2. The second kappa shape index (κ2) is 9.30. The molecule has 0 aliphatic carbocycles. The molecule has 0 radical (unpaired) electrons. The maximum atomic E-state index is 13.6. The highest BCUT2D eigenvalue weighted by Crippen LogP contribution is 2.40. The van der Waals surface area contributed by atoms with Crippen molar-refractivity contribution in [2.45, 2.75) is 6.54 Å². The monoisotopic (exact) mass is 467 g/mol. The quantitative estimate of drug-likeness (QED) is 0.385. The molecule has 172 valence electrons. The first-order valence-electron chi connectivity index (χ1n) is 10.9. The van der Waals surface area contributed by atoms with Crippen molar-refractivity contribution >= 4 is 35.1 Å². The third-order valence-electron chi connectivity index (χ3n) is 5.74. The van der Waals surface area contributed by atoms with Crippen molar-refractivity contribution in [2.24, 2.45) is 4.99 Å². The van der Waals surface area contributed by atoms with Gasteiger partial charge in [-0.3, -0.25) is 14.5 Å². The van der Waals surface area contributed by atoms with Crippen LogP contribution < -0.4 is 10.2 Å². The van der Waals surface area contributed by atoms with E-state index in [-0.39, 0.29) is 24.1 Å². The van der Waals surface area contributed by atoms with Gasteiger partial charge in [-0.15, -0.1) is 0 Å². The zero-order chi connectivity index (χ0) is 24.4. The Balaban J connectivity index is 1.55. The number of benzene rings is 4. The summed E-state index contributed by atoms with van der Waals surface area (Å²) in [5.41, 5.74) is 4.58. The number of carbonyl (C=O) groups excluding carboxylic acids is 2. The lowest BCUT2D eigenvalue weighted by Crippen LogP contribution is -2.23. The second-order valence-corrected chi connectivity index (χ2v) is 7.97. The molecule has 0 saturated carbocycles. The van der Waals surface area contributed by atoms with Gasteiger partial charge in [-0.25, -0.2) is 13.8 Å². The maximum absolute atomic E-state index is 13.6. The summed E-state index contributed by atoms with van der Waals surface area (Å²) in [4.78, 5) is 31.3. The average Bonchev–Trinajstić information content (AvgIpc) is 3.02. The van der Waals surface area contributed by atoms with Gasteiger partial charge in [-0.1, -0.05) is 30.3 Å². The van der Waals surface area contributed by atoms with Gasteiger partial charge in [0.05, 0.1) is 22.8 Å². The number of hydrogen-bond donors (Lipinski definition) is 1. The third-order valence-corrected chi connectivity index (χ3v) is 5.74. The lowest BCUT2D eigenvalue weighted by Gasteiger charge is -2.20. The van der Waals surface area contributed by atoms with Crippen LogP contribution in [-0.4, -0.2) is 18.0 Å². The molecule has 2 amide bonds. The molecule has 4 aromatic carbocycles. The Hall–Kier alpha value is -4.65. The number of nitrogens with one attached hydrogen (secondary N) is 1. The Morgan fingerprint density at radius 1 is 0.857 bits per heavy atom. The molecule has 0 aromatic heterocycles. The number of rotatable bonds is 5. The molecule has 5 nitrogen and oxygen atoms in total. The van der Waals surface area contributed by atoms with Crippen molar-refractivity contribution in [3.8, 4) is 0 Å². The van der Waals surface area contributed by atoms with Crippen LogP contribution in [0.25, 0.3) is 0 Å². The molecule has 1 aliphatic heterocycles. The van der Waals surface area contributed by atoms with Crippen LogP contribution in [-0.2, 0) is 11.3 Å².